The second-order valence-electron chi connectivity index (χ2n) is 6.24. The topological polar surface area (TPSA) is 66.4 Å². The van der Waals surface area contributed by atoms with Gasteiger partial charge in [-0.15, -0.1) is 0 Å². The van der Waals surface area contributed by atoms with Crippen LogP contribution in [0.25, 0.3) is 21.9 Å². The molecule has 0 saturated heterocycles. The third kappa shape index (κ3) is 2.69. The minimum Gasteiger partial charge on any atom is -0.497 e. The lowest BCUT2D eigenvalue weighted by Gasteiger charge is -2.10. The molecule has 0 aliphatic rings. The van der Waals surface area contributed by atoms with Crippen molar-refractivity contribution in [1.82, 2.24) is 9.13 Å². The maximum atomic E-state index is 12.7. The molecule has 0 fully saturated rings. The third-order valence-electron chi connectivity index (χ3n) is 4.63. The van der Waals surface area contributed by atoms with Crippen molar-refractivity contribution in [2.45, 2.75) is 20.0 Å². The molecule has 4 aromatic rings. The van der Waals surface area contributed by atoms with E-state index in [2.05, 4.69) is 4.57 Å². The van der Waals surface area contributed by atoms with Crippen molar-refractivity contribution in [1.29, 1.82) is 0 Å². The summed E-state index contributed by atoms with van der Waals surface area (Å²) < 4.78 is 14.1. The van der Waals surface area contributed by atoms with Crippen LogP contribution >= 0.6 is 0 Å². The fourth-order valence-electron chi connectivity index (χ4n) is 3.28. The second-order valence-corrected chi connectivity index (χ2v) is 6.24. The molecule has 0 amide bonds. The minimum absolute atomic E-state index is 0.151. The van der Waals surface area contributed by atoms with Crippen LogP contribution in [-0.2, 0) is 13.1 Å². The van der Waals surface area contributed by atoms with E-state index in [0.29, 0.717) is 29.6 Å². The van der Waals surface area contributed by atoms with Gasteiger partial charge in [0.25, 0.3) is 5.56 Å². The summed E-state index contributed by atoms with van der Waals surface area (Å²) in [6, 6.07) is 11.0. The maximum absolute atomic E-state index is 12.7. The van der Waals surface area contributed by atoms with Crippen LogP contribution in [0.15, 0.2) is 62.8 Å². The molecular weight excluding hydrogens is 332 g/mol. The van der Waals surface area contributed by atoms with Crippen LogP contribution in [-0.4, -0.2) is 16.2 Å². The van der Waals surface area contributed by atoms with Crippen molar-refractivity contribution in [2.24, 2.45) is 0 Å². The predicted octanol–water partition coefficient (Wildman–Crippen LogP) is 2.93. The van der Waals surface area contributed by atoms with Gasteiger partial charge in [0.05, 0.1) is 12.5 Å². The van der Waals surface area contributed by atoms with Crippen molar-refractivity contribution >= 4 is 21.9 Å². The van der Waals surface area contributed by atoms with Gasteiger partial charge in [0.15, 0.2) is 0 Å². The number of methoxy groups -OCH3 is 1. The monoisotopic (exact) mass is 350 g/mol. The molecule has 132 valence electrons. The lowest BCUT2D eigenvalue weighted by Crippen LogP contribution is -2.23. The Morgan fingerprint density at radius 3 is 2.58 bits per heavy atom. The maximum Gasteiger partial charge on any atom is 0.336 e. The number of hydrogen-bond donors (Lipinski definition) is 0. The molecule has 0 radical (unpaired) electrons. The molecule has 1 aromatic carbocycles. The van der Waals surface area contributed by atoms with Crippen LogP contribution in [0.4, 0.5) is 0 Å². The summed E-state index contributed by atoms with van der Waals surface area (Å²) in [4.78, 5) is 24.2. The van der Waals surface area contributed by atoms with Gasteiger partial charge >= 0.3 is 5.63 Å². The summed E-state index contributed by atoms with van der Waals surface area (Å²) >= 11 is 0. The van der Waals surface area contributed by atoms with E-state index in [9.17, 15) is 9.59 Å². The molecule has 0 bridgehead atoms. The predicted molar refractivity (Wildman–Crippen MR) is 100.0 cm³/mol. The molecule has 3 aromatic heterocycles. The Kier molecular flexibility index (Phi) is 3.88. The summed E-state index contributed by atoms with van der Waals surface area (Å²) in [7, 11) is 1.65. The van der Waals surface area contributed by atoms with E-state index >= 15 is 0 Å². The van der Waals surface area contributed by atoms with Crippen LogP contribution in [0.3, 0.4) is 0 Å². The Hall–Kier alpha value is -3.28. The zero-order valence-electron chi connectivity index (χ0n) is 14.6. The fourth-order valence-corrected chi connectivity index (χ4v) is 3.28. The molecule has 0 saturated carbocycles. The van der Waals surface area contributed by atoms with E-state index < -0.39 is 5.63 Å². The Morgan fingerprint density at radius 1 is 1.00 bits per heavy atom. The van der Waals surface area contributed by atoms with Gasteiger partial charge < -0.3 is 18.3 Å². The number of rotatable bonds is 4. The summed E-state index contributed by atoms with van der Waals surface area (Å²) in [5, 5.41) is 1.54. The fraction of sp³-hybridized carbons (Fsp3) is 0.200. The third-order valence-corrected chi connectivity index (χ3v) is 4.63. The van der Waals surface area contributed by atoms with Crippen molar-refractivity contribution in [2.75, 3.05) is 7.11 Å². The molecule has 0 spiro atoms. The van der Waals surface area contributed by atoms with Crippen molar-refractivity contribution in [3.05, 3.63) is 75.1 Å². The van der Waals surface area contributed by atoms with E-state index in [1.54, 1.807) is 30.9 Å². The van der Waals surface area contributed by atoms with E-state index in [4.69, 9.17) is 9.15 Å². The lowest BCUT2D eigenvalue weighted by molar-refractivity contribution is 0.415. The highest BCUT2D eigenvalue weighted by Gasteiger charge is 2.09. The summed E-state index contributed by atoms with van der Waals surface area (Å²) in [6.07, 6.45) is 3.67. The van der Waals surface area contributed by atoms with Crippen molar-refractivity contribution in [3.8, 4) is 5.75 Å². The number of aryl methyl sites for hydroxylation is 3. The van der Waals surface area contributed by atoms with Crippen molar-refractivity contribution < 1.29 is 9.15 Å². The first-order chi connectivity index (χ1) is 12.6. The van der Waals surface area contributed by atoms with Gasteiger partial charge in [0.2, 0.25) is 0 Å². The van der Waals surface area contributed by atoms with E-state index in [0.717, 1.165) is 16.7 Å². The minimum atomic E-state index is -0.443. The van der Waals surface area contributed by atoms with Gasteiger partial charge in [-0.3, -0.25) is 4.79 Å². The summed E-state index contributed by atoms with van der Waals surface area (Å²) in [6.45, 7) is 2.91. The molecule has 0 aliphatic carbocycles. The summed E-state index contributed by atoms with van der Waals surface area (Å²) in [5.41, 5.74) is 1.45. The Morgan fingerprint density at radius 2 is 1.77 bits per heavy atom. The van der Waals surface area contributed by atoms with Crippen LogP contribution in [0, 0.1) is 6.92 Å². The van der Waals surface area contributed by atoms with E-state index in [1.165, 1.54) is 6.07 Å². The molecule has 0 aliphatic heterocycles. The quantitative estimate of drug-likeness (QED) is 0.568. The number of fused-ring (bicyclic) bond motifs is 2. The smallest absolute Gasteiger partial charge is 0.336 e. The average molecular weight is 350 g/mol. The van der Waals surface area contributed by atoms with E-state index in [-0.39, 0.29) is 5.56 Å². The van der Waals surface area contributed by atoms with Gasteiger partial charge in [-0.2, -0.15) is 0 Å². The highest BCUT2D eigenvalue weighted by molar-refractivity contribution is 5.81. The van der Waals surface area contributed by atoms with Gasteiger partial charge in [-0.1, -0.05) is 0 Å². The first-order valence-corrected chi connectivity index (χ1v) is 8.33. The van der Waals surface area contributed by atoms with Gasteiger partial charge in [0, 0.05) is 42.5 Å². The first kappa shape index (κ1) is 16.2. The first-order valence-electron chi connectivity index (χ1n) is 8.33. The number of pyridine rings is 1. The standard InChI is InChI=1S/C20H18N2O4/c1-13-11-18(23)26-17-6-8-22(20(24)19(13)17)10-9-21-7-5-14-12-15(25-2)3-4-16(14)21/h3-8,11-12H,9-10H2,1-2H3. The number of benzene rings is 1. The SMILES string of the molecule is COc1ccc2c(ccn2CCn2ccc3oc(=O)cc(C)c3c2=O)c1. The summed E-state index contributed by atoms with van der Waals surface area (Å²) in [5.74, 6) is 0.818. The number of ether oxygens (including phenoxy) is 1. The lowest BCUT2D eigenvalue weighted by atomic mass is 10.2. The number of hydrogen-bond acceptors (Lipinski definition) is 4. The molecule has 4 rings (SSSR count). The van der Waals surface area contributed by atoms with Crippen LogP contribution < -0.4 is 15.9 Å². The zero-order chi connectivity index (χ0) is 18.3. The molecule has 0 N–H and O–H groups in total. The largest absolute Gasteiger partial charge is 0.497 e. The number of nitrogens with zero attached hydrogens (tertiary/aromatic N) is 2. The molecule has 6 nitrogen and oxygen atoms in total. The molecule has 0 atom stereocenters. The molecule has 3 heterocycles. The Bertz CT molecular complexity index is 1230. The van der Waals surface area contributed by atoms with Crippen LogP contribution in [0.1, 0.15) is 5.56 Å². The average Bonchev–Trinajstić information content (AvgIpc) is 3.02. The van der Waals surface area contributed by atoms with Gasteiger partial charge in [-0.25, -0.2) is 4.79 Å². The van der Waals surface area contributed by atoms with E-state index in [1.807, 2.05) is 30.5 Å². The van der Waals surface area contributed by atoms with Crippen LogP contribution in [0.5, 0.6) is 5.75 Å². The zero-order valence-corrected chi connectivity index (χ0v) is 14.6. The van der Waals surface area contributed by atoms with Crippen molar-refractivity contribution in [3.63, 3.8) is 0 Å². The molecule has 26 heavy (non-hydrogen) atoms. The normalized spacial score (nSPS) is 11.3. The van der Waals surface area contributed by atoms with Gasteiger partial charge in [0.1, 0.15) is 11.3 Å². The molecule has 0 unspecified atom stereocenters. The van der Waals surface area contributed by atoms with Gasteiger partial charge in [-0.05, 0) is 42.8 Å². The second kappa shape index (κ2) is 6.22. The highest BCUT2D eigenvalue weighted by atomic mass is 16.5. The molecule has 6 heteroatoms. The Labute approximate surface area is 148 Å². The number of aromatic nitrogens is 2. The van der Waals surface area contributed by atoms with Crippen LogP contribution in [0.2, 0.25) is 0 Å². The molecular formula is C20H18N2O4. The Balaban J connectivity index is 1.67. The highest BCUT2D eigenvalue weighted by Crippen LogP contribution is 2.22.